The van der Waals surface area contributed by atoms with Gasteiger partial charge in [-0.2, -0.15) is 0 Å². The molecule has 0 aromatic heterocycles. The standard InChI is InChI=1S/C16H24O5/c1-10(2)5-6-12-14(3,21-12)16(18)13(19-4)11(17)7-8-15(16)9-20-15/h5,12-13,18H,6-9H2,1-4H3/t12-,13-,14+,15-,16-/m1/s1. The molecule has 5 atom stereocenters. The monoisotopic (exact) mass is 296 g/mol. The second-order valence-corrected chi connectivity index (χ2v) is 6.86. The number of Topliss-reactive ketones (excluding diaryl/α,β-unsaturated/α-hetero) is 1. The van der Waals surface area contributed by atoms with Gasteiger partial charge >= 0.3 is 0 Å². The summed E-state index contributed by atoms with van der Waals surface area (Å²) in [6.07, 6.45) is 2.75. The summed E-state index contributed by atoms with van der Waals surface area (Å²) in [4.78, 5) is 12.2. The largest absolute Gasteiger partial charge is 0.380 e. The van der Waals surface area contributed by atoms with Crippen LogP contribution in [-0.2, 0) is 19.0 Å². The minimum Gasteiger partial charge on any atom is -0.380 e. The number of hydrogen-bond acceptors (Lipinski definition) is 5. The van der Waals surface area contributed by atoms with Crippen molar-refractivity contribution in [1.82, 2.24) is 0 Å². The number of hydrogen-bond donors (Lipinski definition) is 1. The van der Waals surface area contributed by atoms with Crippen LogP contribution in [0.3, 0.4) is 0 Å². The maximum Gasteiger partial charge on any atom is 0.164 e. The van der Waals surface area contributed by atoms with Gasteiger partial charge < -0.3 is 19.3 Å². The fourth-order valence-corrected chi connectivity index (χ4v) is 3.80. The number of carbonyl (C=O) groups excluding carboxylic acids is 1. The normalized spacial score (nSPS) is 48.3. The van der Waals surface area contributed by atoms with Crippen LogP contribution in [0, 0.1) is 0 Å². The second kappa shape index (κ2) is 4.62. The summed E-state index contributed by atoms with van der Waals surface area (Å²) in [5.41, 5.74) is -1.69. The number of carbonyl (C=O) groups is 1. The molecule has 1 N–H and O–H groups in total. The molecule has 2 saturated heterocycles. The Labute approximate surface area is 125 Å². The van der Waals surface area contributed by atoms with E-state index in [0.717, 1.165) is 6.42 Å². The molecule has 1 aliphatic carbocycles. The van der Waals surface area contributed by atoms with Gasteiger partial charge in [0.05, 0.1) is 12.7 Å². The lowest BCUT2D eigenvalue weighted by atomic mass is 9.65. The molecule has 3 fully saturated rings. The molecule has 118 valence electrons. The molecule has 2 heterocycles. The van der Waals surface area contributed by atoms with Crippen LogP contribution < -0.4 is 0 Å². The van der Waals surface area contributed by atoms with Crippen LogP contribution in [0.5, 0.6) is 0 Å². The molecule has 0 aromatic carbocycles. The summed E-state index contributed by atoms with van der Waals surface area (Å²) in [7, 11) is 1.46. The van der Waals surface area contributed by atoms with Crippen LogP contribution in [0.1, 0.15) is 40.0 Å². The fourth-order valence-electron chi connectivity index (χ4n) is 3.80. The third-order valence-electron chi connectivity index (χ3n) is 5.31. The third-order valence-corrected chi connectivity index (χ3v) is 5.31. The second-order valence-electron chi connectivity index (χ2n) is 6.86. The lowest BCUT2D eigenvalue weighted by Gasteiger charge is -2.45. The Kier molecular flexibility index (Phi) is 3.34. The zero-order valence-corrected chi connectivity index (χ0v) is 13.1. The maximum atomic E-state index is 12.2. The van der Waals surface area contributed by atoms with Crippen LogP contribution in [0.25, 0.3) is 0 Å². The average molecular weight is 296 g/mol. The Hall–Kier alpha value is -0.750. The number of rotatable bonds is 4. The van der Waals surface area contributed by atoms with E-state index in [1.807, 2.05) is 20.8 Å². The first-order chi connectivity index (χ1) is 9.81. The van der Waals surface area contributed by atoms with E-state index in [-0.39, 0.29) is 11.9 Å². The smallest absolute Gasteiger partial charge is 0.164 e. The number of aliphatic hydroxyl groups is 1. The van der Waals surface area contributed by atoms with Crippen molar-refractivity contribution in [1.29, 1.82) is 0 Å². The summed E-state index contributed by atoms with van der Waals surface area (Å²) < 4.78 is 16.8. The Bertz CT molecular complexity index is 491. The van der Waals surface area contributed by atoms with Crippen molar-refractivity contribution >= 4 is 5.78 Å². The van der Waals surface area contributed by atoms with E-state index in [2.05, 4.69) is 6.08 Å². The molecule has 3 aliphatic rings. The number of ether oxygens (including phenoxy) is 3. The van der Waals surface area contributed by atoms with Crippen LogP contribution >= 0.6 is 0 Å². The average Bonchev–Trinajstić information content (AvgIpc) is 3.31. The van der Waals surface area contributed by atoms with Gasteiger partial charge in [0, 0.05) is 13.5 Å². The predicted octanol–water partition coefficient (Wildman–Crippen LogP) is 1.38. The van der Waals surface area contributed by atoms with E-state index in [9.17, 15) is 9.90 Å². The van der Waals surface area contributed by atoms with Crippen molar-refractivity contribution in [2.24, 2.45) is 0 Å². The van der Waals surface area contributed by atoms with Gasteiger partial charge in [-0.05, 0) is 33.6 Å². The van der Waals surface area contributed by atoms with Gasteiger partial charge in [0.25, 0.3) is 0 Å². The van der Waals surface area contributed by atoms with E-state index in [4.69, 9.17) is 14.2 Å². The van der Waals surface area contributed by atoms with Crippen molar-refractivity contribution in [2.45, 2.75) is 69.0 Å². The topological polar surface area (TPSA) is 71.6 Å². The molecule has 1 spiro atoms. The Balaban J connectivity index is 1.90. The molecule has 1 saturated carbocycles. The third kappa shape index (κ3) is 1.95. The van der Waals surface area contributed by atoms with Crippen LogP contribution in [0.2, 0.25) is 0 Å². The first-order valence-corrected chi connectivity index (χ1v) is 7.54. The minimum absolute atomic E-state index is 0.0705. The SMILES string of the molecule is CO[C@@H]1C(=O)CC[C@@]2(CO2)[C@]1(O)[C@@]1(C)O[C@@H]1CC=C(C)C. The molecule has 21 heavy (non-hydrogen) atoms. The Morgan fingerprint density at radius 1 is 1.52 bits per heavy atom. The van der Waals surface area contributed by atoms with E-state index in [0.29, 0.717) is 19.4 Å². The van der Waals surface area contributed by atoms with Gasteiger partial charge in [-0.25, -0.2) is 0 Å². The predicted molar refractivity (Wildman–Crippen MR) is 76.0 cm³/mol. The van der Waals surface area contributed by atoms with E-state index < -0.39 is 22.9 Å². The number of epoxide rings is 2. The molecular formula is C16H24O5. The van der Waals surface area contributed by atoms with Gasteiger partial charge in [0.1, 0.15) is 17.3 Å². The van der Waals surface area contributed by atoms with E-state index >= 15 is 0 Å². The van der Waals surface area contributed by atoms with Gasteiger partial charge in [0.15, 0.2) is 11.4 Å². The highest BCUT2D eigenvalue weighted by Gasteiger charge is 2.81. The lowest BCUT2D eigenvalue weighted by Crippen LogP contribution is -2.69. The molecular weight excluding hydrogens is 272 g/mol. The summed E-state index contributed by atoms with van der Waals surface area (Å²) in [6.45, 7) is 6.39. The van der Waals surface area contributed by atoms with Crippen LogP contribution in [0.4, 0.5) is 0 Å². The van der Waals surface area contributed by atoms with E-state index in [1.165, 1.54) is 12.7 Å². The molecule has 5 nitrogen and oxygen atoms in total. The summed E-state index contributed by atoms with van der Waals surface area (Å²) >= 11 is 0. The summed E-state index contributed by atoms with van der Waals surface area (Å²) in [6, 6.07) is 0. The molecule has 5 heteroatoms. The highest BCUT2D eigenvalue weighted by atomic mass is 16.7. The molecule has 0 bridgehead atoms. The molecule has 0 aromatic rings. The quantitative estimate of drug-likeness (QED) is 0.627. The summed E-state index contributed by atoms with van der Waals surface area (Å²) in [5, 5.41) is 11.4. The van der Waals surface area contributed by atoms with Crippen LogP contribution in [-0.4, -0.2) is 53.6 Å². The first kappa shape index (κ1) is 15.2. The van der Waals surface area contributed by atoms with Crippen molar-refractivity contribution in [3.63, 3.8) is 0 Å². The number of ketones is 1. The number of methoxy groups -OCH3 is 1. The lowest BCUT2D eigenvalue weighted by molar-refractivity contribution is -0.193. The van der Waals surface area contributed by atoms with Gasteiger partial charge in [-0.1, -0.05) is 11.6 Å². The first-order valence-electron chi connectivity index (χ1n) is 7.54. The van der Waals surface area contributed by atoms with Crippen LogP contribution in [0.15, 0.2) is 11.6 Å². The van der Waals surface area contributed by atoms with Gasteiger partial charge in [0.2, 0.25) is 0 Å². The highest BCUT2D eigenvalue weighted by Crippen LogP contribution is 2.61. The minimum atomic E-state index is -1.41. The maximum absolute atomic E-state index is 12.2. The van der Waals surface area contributed by atoms with Gasteiger partial charge in [-0.15, -0.1) is 0 Å². The van der Waals surface area contributed by atoms with Gasteiger partial charge in [-0.3, -0.25) is 4.79 Å². The van der Waals surface area contributed by atoms with Crippen molar-refractivity contribution in [3.8, 4) is 0 Å². The Morgan fingerprint density at radius 3 is 2.71 bits per heavy atom. The molecule has 2 aliphatic heterocycles. The zero-order valence-electron chi connectivity index (χ0n) is 13.1. The van der Waals surface area contributed by atoms with E-state index in [1.54, 1.807) is 0 Å². The zero-order chi connectivity index (χ0) is 15.5. The molecule has 0 radical (unpaired) electrons. The fraction of sp³-hybridized carbons (Fsp3) is 0.812. The highest BCUT2D eigenvalue weighted by molar-refractivity contribution is 5.87. The molecule has 0 unspecified atom stereocenters. The number of allylic oxidation sites excluding steroid dienone is 1. The molecule has 3 rings (SSSR count). The van der Waals surface area contributed by atoms with Crippen molar-refractivity contribution in [2.75, 3.05) is 13.7 Å². The summed E-state index contributed by atoms with van der Waals surface area (Å²) in [5.74, 6) is -0.0705. The molecule has 0 amide bonds. The Morgan fingerprint density at radius 2 is 2.19 bits per heavy atom. The van der Waals surface area contributed by atoms with Crippen molar-refractivity contribution < 1.29 is 24.1 Å². The van der Waals surface area contributed by atoms with Crippen molar-refractivity contribution in [3.05, 3.63) is 11.6 Å².